The van der Waals surface area contributed by atoms with Gasteiger partial charge in [-0.1, -0.05) is 67.6 Å². The summed E-state index contributed by atoms with van der Waals surface area (Å²) in [4.78, 5) is 20.9. The molecular formula is C24H23BrN4O2. The predicted octanol–water partition coefficient (Wildman–Crippen LogP) is 4.91. The Hall–Kier alpha value is -3.19. The minimum atomic E-state index is -0.925. The lowest BCUT2D eigenvalue weighted by Gasteiger charge is -2.16. The third-order valence-electron chi connectivity index (χ3n) is 5.29. The van der Waals surface area contributed by atoms with Crippen LogP contribution in [0, 0.1) is 0 Å². The minimum Gasteiger partial charge on any atom is -0.480 e. The summed E-state index contributed by atoms with van der Waals surface area (Å²) in [6, 6.07) is 19.0. The van der Waals surface area contributed by atoms with Crippen LogP contribution in [0.25, 0.3) is 11.0 Å². The van der Waals surface area contributed by atoms with Crippen molar-refractivity contribution in [1.82, 2.24) is 14.5 Å². The molecule has 2 aromatic heterocycles. The lowest BCUT2D eigenvalue weighted by molar-refractivity contribution is -0.137. The smallest absolute Gasteiger partial charge is 0.326 e. The van der Waals surface area contributed by atoms with Gasteiger partial charge in [-0.05, 0) is 33.5 Å². The number of halogens is 1. The van der Waals surface area contributed by atoms with Gasteiger partial charge in [-0.15, -0.1) is 0 Å². The summed E-state index contributed by atoms with van der Waals surface area (Å²) in [5.41, 5.74) is 3.98. The molecule has 0 aliphatic carbocycles. The Balaban J connectivity index is 1.74. The molecule has 2 N–H and O–H groups in total. The molecule has 2 heterocycles. The van der Waals surface area contributed by atoms with Gasteiger partial charge in [-0.2, -0.15) is 0 Å². The van der Waals surface area contributed by atoms with E-state index in [-0.39, 0.29) is 0 Å². The number of hydrogen-bond donors (Lipinski definition) is 2. The van der Waals surface area contributed by atoms with Crippen molar-refractivity contribution in [3.63, 3.8) is 0 Å². The summed E-state index contributed by atoms with van der Waals surface area (Å²) >= 11 is 3.73. The molecule has 0 bridgehead atoms. The van der Waals surface area contributed by atoms with E-state index in [2.05, 4.69) is 54.8 Å². The van der Waals surface area contributed by atoms with Crippen molar-refractivity contribution < 1.29 is 9.90 Å². The number of aromatic nitrogens is 3. The van der Waals surface area contributed by atoms with Crippen LogP contribution in [0.5, 0.6) is 0 Å². The van der Waals surface area contributed by atoms with Crippen molar-refractivity contribution >= 4 is 38.8 Å². The molecule has 4 rings (SSSR count). The number of fused-ring (bicyclic) bond motifs is 1. The Morgan fingerprint density at radius 3 is 2.32 bits per heavy atom. The number of nitrogens with one attached hydrogen (secondary N) is 1. The molecular weight excluding hydrogens is 456 g/mol. The molecule has 0 saturated heterocycles. The van der Waals surface area contributed by atoms with Gasteiger partial charge >= 0.3 is 5.97 Å². The minimum absolute atomic E-state index is 0.352. The first kappa shape index (κ1) is 21.1. The van der Waals surface area contributed by atoms with E-state index >= 15 is 0 Å². The van der Waals surface area contributed by atoms with Gasteiger partial charge in [-0.3, -0.25) is 0 Å². The molecule has 0 amide bonds. The van der Waals surface area contributed by atoms with Crippen LogP contribution in [0.1, 0.15) is 23.7 Å². The van der Waals surface area contributed by atoms with Crippen LogP contribution in [0.3, 0.4) is 0 Å². The first-order valence-electron chi connectivity index (χ1n) is 10.2. The molecule has 158 valence electrons. The number of rotatable bonds is 8. The fourth-order valence-corrected chi connectivity index (χ4v) is 4.64. The highest BCUT2D eigenvalue weighted by atomic mass is 79.9. The van der Waals surface area contributed by atoms with Crippen LogP contribution in [0.2, 0.25) is 0 Å². The average molecular weight is 479 g/mol. The standard InChI is InChI=1S/C24H23BrN4O2/c1-2-19-21(25)20-22(28-18(24(30)31)13-16-9-5-3-6-10-16)26-15-27-23(20)29(19)14-17-11-7-4-8-12-17/h3-12,15,18H,2,13-14H2,1H3,(H,30,31)(H,26,27,28). The Labute approximate surface area is 189 Å². The molecule has 0 saturated carbocycles. The fraction of sp³-hybridized carbons (Fsp3) is 0.208. The highest BCUT2D eigenvalue weighted by Crippen LogP contribution is 2.35. The van der Waals surface area contributed by atoms with Crippen molar-refractivity contribution in [1.29, 1.82) is 0 Å². The molecule has 0 radical (unpaired) electrons. The van der Waals surface area contributed by atoms with E-state index in [9.17, 15) is 9.90 Å². The van der Waals surface area contributed by atoms with Crippen molar-refractivity contribution in [2.75, 3.05) is 5.32 Å². The van der Waals surface area contributed by atoms with Crippen LogP contribution < -0.4 is 5.32 Å². The Kier molecular flexibility index (Phi) is 6.32. The zero-order chi connectivity index (χ0) is 21.8. The first-order valence-corrected chi connectivity index (χ1v) is 11.0. The summed E-state index contributed by atoms with van der Waals surface area (Å²) in [5, 5.41) is 13.8. The molecule has 0 aliphatic rings. The first-order chi connectivity index (χ1) is 15.1. The molecule has 2 aromatic carbocycles. The fourth-order valence-electron chi connectivity index (χ4n) is 3.78. The maximum Gasteiger partial charge on any atom is 0.326 e. The largest absolute Gasteiger partial charge is 0.480 e. The number of anilines is 1. The molecule has 6 nitrogen and oxygen atoms in total. The topological polar surface area (TPSA) is 80.0 Å². The van der Waals surface area contributed by atoms with Gasteiger partial charge in [-0.25, -0.2) is 14.8 Å². The molecule has 4 aromatic rings. The third kappa shape index (κ3) is 4.46. The molecule has 7 heteroatoms. The highest BCUT2D eigenvalue weighted by molar-refractivity contribution is 9.10. The summed E-state index contributed by atoms with van der Waals surface area (Å²) < 4.78 is 3.06. The molecule has 1 unspecified atom stereocenters. The number of carbonyl (C=O) groups is 1. The maximum atomic E-state index is 12.0. The Morgan fingerprint density at radius 2 is 1.71 bits per heavy atom. The van der Waals surface area contributed by atoms with Crippen molar-refractivity contribution in [2.45, 2.75) is 32.4 Å². The summed E-state index contributed by atoms with van der Waals surface area (Å²) in [7, 11) is 0. The number of carboxylic acids is 1. The predicted molar refractivity (Wildman–Crippen MR) is 125 cm³/mol. The summed E-state index contributed by atoms with van der Waals surface area (Å²) in [6.07, 6.45) is 2.64. The lowest BCUT2D eigenvalue weighted by Crippen LogP contribution is -2.32. The quantitative estimate of drug-likeness (QED) is 0.375. The van der Waals surface area contributed by atoms with Gasteiger partial charge in [0.1, 0.15) is 23.8 Å². The Morgan fingerprint density at radius 1 is 1.06 bits per heavy atom. The van der Waals surface area contributed by atoms with E-state index in [4.69, 9.17) is 0 Å². The van der Waals surface area contributed by atoms with Gasteiger partial charge < -0.3 is 15.0 Å². The van der Waals surface area contributed by atoms with Crippen LogP contribution in [-0.4, -0.2) is 31.7 Å². The highest BCUT2D eigenvalue weighted by Gasteiger charge is 2.24. The number of carboxylic acid groups (broad SMARTS) is 1. The zero-order valence-electron chi connectivity index (χ0n) is 17.1. The van der Waals surface area contributed by atoms with Crippen LogP contribution in [0.15, 0.2) is 71.5 Å². The lowest BCUT2D eigenvalue weighted by atomic mass is 10.1. The van der Waals surface area contributed by atoms with Crippen molar-refractivity contribution in [3.05, 3.63) is 88.3 Å². The number of benzene rings is 2. The molecule has 31 heavy (non-hydrogen) atoms. The Bertz CT molecular complexity index is 1190. The van der Waals surface area contributed by atoms with Crippen molar-refractivity contribution in [3.8, 4) is 0 Å². The van der Waals surface area contributed by atoms with Crippen LogP contribution in [0.4, 0.5) is 5.82 Å². The van der Waals surface area contributed by atoms with Crippen molar-refractivity contribution in [2.24, 2.45) is 0 Å². The average Bonchev–Trinajstić information content (AvgIpc) is 3.06. The van der Waals surface area contributed by atoms with E-state index in [1.54, 1.807) is 0 Å². The van der Waals surface area contributed by atoms with E-state index < -0.39 is 12.0 Å². The normalized spacial score (nSPS) is 12.1. The molecule has 0 aliphatic heterocycles. The second-order valence-electron chi connectivity index (χ2n) is 7.33. The van der Waals surface area contributed by atoms with Gasteiger partial charge in [0.2, 0.25) is 0 Å². The zero-order valence-corrected chi connectivity index (χ0v) is 18.7. The van der Waals surface area contributed by atoms with Gasteiger partial charge in [0.25, 0.3) is 0 Å². The second kappa shape index (κ2) is 9.31. The van der Waals surface area contributed by atoms with E-state index in [0.29, 0.717) is 18.8 Å². The SMILES string of the molecule is CCc1c(Br)c2c(NC(Cc3ccccc3)C(=O)O)ncnc2n1Cc1ccccc1. The van der Waals surface area contributed by atoms with Crippen LogP contribution in [-0.2, 0) is 24.2 Å². The third-order valence-corrected chi connectivity index (χ3v) is 6.15. The second-order valence-corrected chi connectivity index (χ2v) is 8.12. The van der Waals surface area contributed by atoms with Gasteiger partial charge in [0.05, 0.1) is 9.86 Å². The van der Waals surface area contributed by atoms with E-state index in [1.807, 2.05) is 48.5 Å². The van der Waals surface area contributed by atoms with Crippen LogP contribution >= 0.6 is 15.9 Å². The van der Waals surface area contributed by atoms with E-state index in [1.165, 1.54) is 11.9 Å². The monoisotopic (exact) mass is 478 g/mol. The molecule has 1 atom stereocenters. The maximum absolute atomic E-state index is 12.0. The summed E-state index contributed by atoms with van der Waals surface area (Å²) in [5.74, 6) is -0.409. The van der Waals surface area contributed by atoms with E-state index in [0.717, 1.165) is 33.2 Å². The van der Waals surface area contributed by atoms with Gasteiger partial charge in [0.15, 0.2) is 0 Å². The molecule has 0 fully saturated rings. The number of aliphatic carboxylic acids is 1. The van der Waals surface area contributed by atoms with Gasteiger partial charge in [0, 0.05) is 18.7 Å². The number of nitrogens with zero attached hydrogens (tertiary/aromatic N) is 3. The molecule has 0 spiro atoms. The number of hydrogen-bond acceptors (Lipinski definition) is 4. The summed E-state index contributed by atoms with van der Waals surface area (Å²) in [6.45, 7) is 2.77.